The largest absolute Gasteiger partial charge is 0.389 e. The van der Waals surface area contributed by atoms with Gasteiger partial charge in [-0.3, -0.25) is 0 Å². The summed E-state index contributed by atoms with van der Waals surface area (Å²) in [6.45, 7) is 1.76. The van der Waals surface area contributed by atoms with Crippen LogP contribution in [0.25, 0.3) is 0 Å². The van der Waals surface area contributed by atoms with Crippen molar-refractivity contribution in [3.05, 3.63) is 29.6 Å². The first-order chi connectivity index (χ1) is 8.76. The first-order valence-corrected chi connectivity index (χ1v) is 7.12. The molecule has 0 spiro atoms. The number of nitrogens with zero attached hydrogens (tertiary/aromatic N) is 2. The van der Waals surface area contributed by atoms with Crippen molar-refractivity contribution in [1.29, 1.82) is 5.26 Å². The molecule has 1 fully saturated rings. The van der Waals surface area contributed by atoms with Gasteiger partial charge in [0.05, 0.1) is 16.1 Å². The summed E-state index contributed by atoms with van der Waals surface area (Å²) in [5.74, 6) is -0.755. The van der Waals surface area contributed by atoms with Crippen molar-refractivity contribution < 1.29 is 17.9 Å². The fourth-order valence-electron chi connectivity index (χ4n) is 2.01. The van der Waals surface area contributed by atoms with Crippen molar-refractivity contribution in [2.45, 2.75) is 23.8 Å². The Bertz CT molecular complexity index is 649. The van der Waals surface area contributed by atoms with Crippen molar-refractivity contribution in [2.75, 3.05) is 13.1 Å². The highest BCUT2D eigenvalue weighted by Crippen LogP contribution is 2.27. The van der Waals surface area contributed by atoms with Gasteiger partial charge in [-0.05, 0) is 31.5 Å². The molecule has 1 heterocycles. The molecule has 19 heavy (non-hydrogen) atoms. The van der Waals surface area contributed by atoms with Crippen LogP contribution in [0.5, 0.6) is 0 Å². The summed E-state index contributed by atoms with van der Waals surface area (Å²) >= 11 is 0. The van der Waals surface area contributed by atoms with Gasteiger partial charge < -0.3 is 5.11 Å². The molecule has 1 aromatic carbocycles. The zero-order valence-electron chi connectivity index (χ0n) is 10.3. The topological polar surface area (TPSA) is 81.4 Å². The van der Waals surface area contributed by atoms with Crippen LogP contribution in [-0.4, -0.2) is 36.5 Å². The van der Waals surface area contributed by atoms with E-state index in [1.165, 1.54) is 0 Å². The fraction of sp³-hybridized carbons (Fsp3) is 0.417. The lowest BCUT2D eigenvalue weighted by atomic mass is 10.1. The molecule has 1 aliphatic rings. The molecule has 1 aliphatic heterocycles. The number of rotatable bonds is 2. The Morgan fingerprint density at radius 1 is 1.53 bits per heavy atom. The third kappa shape index (κ3) is 2.61. The van der Waals surface area contributed by atoms with Crippen LogP contribution < -0.4 is 0 Å². The van der Waals surface area contributed by atoms with E-state index in [1.54, 1.807) is 13.0 Å². The quantitative estimate of drug-likeness (QED) is 0.872. The van der Waals surface area contributed by atoms with Crippen LogP contribution in [-0.2, 0) is 10.0 Å². The maximum Gasteiger partial charge on any atom is 0.243 e. The van der Waals surface area contributed by atoms with E-state index in [0.29, 0.717) is 6.42 Å². The maximum absolute atomic E-state index is 13.2. The summed E-state index contributed by atoms with van der Waals surface area (Å²) in [4.78, 5) is -0.136. The minimum atomic E-state index is -3.80. The highest BCUT2D eigenvalue weighted by Gasteiger charge is 2.38. The molecule has 1 unspecified atom stereocenters. The summed E-state index contributed by atoms with van der Waals surface area (Å²) in [7, 11) is -3.80. The van der Waals surface area contributed by atoms with Gasteiger partial charge in [-0.2, -0.15) is 9.57 Å². The number of benzene rings is 1. The predicted molar refractivity (Wildman–Crippen MR) is 65.1 cm³/mol. The van der Waals surface area contributed by atoms with Gasteiger partial charge in [-0.1, -0.05) is 0 Å². The Morgan fingerprint density at radius 3 is 2.74 bits per heavy atom. The van der Waals surface area contributed by atoms with Gasteiger partial charge in [0.2, 0.25) is 10.0 Å². The van der Waals surface area contributed by atoms with Gasteiger partial charge in [0, 0.05) is 13.1 Å². The fourth-order valence-corrected chi connectivity index (χ4v) is 3.59. The third-order valence-electron chi connectivity index (χ3n) is 3.11. The highest BCUT2D eigenvalue weighted by molar-refractivity contribution is 7.89. The lowest BCUT2D eigenvalue weighted by Crippen LogP contribution is -2.34. The lowest BCUT2D eigenvalue weighted by molar-refractivity contribution is 0.0762. The third-order valence-corrected chi connectivity index (χ3v) is 4.95. The first kappa shape index (κ1) is 13.9. The standard InChI is InChI=1S/C12H13FN2O3S/c1-12(16)4-5-15(8-12)19(17,18)10-2-3-11(13)9(6-10)7-14/h2-3,6,16H,4-5,8H2,1H3. The summed E-state index contributed by atoms with van der Waals surface area (Å²) < 4.78 is 38.9. The molecule has 7 heteroatoms. The van der Waals surface area contributed by atoms with E-state index in [4.69, 9.17) is 5.26 Å². The van der Waals surface area contributed by atoms with Crippen molar-refractivity contribution in [2.24, 2.45) is 0 Å². The van der Waals surface area contributed by atoms with Crippen LogP contribution in [0.15, 0.2) is 23.1 Å². The van der Waals surface area contributed by atoms with Gasteiger partial charge in [0.25, 0.3) is 0 Å². The summed E-state index contributed by atoms with van der Waals surface area (Å²) in [6, 6.07) is 4.70. The molecule has 0 aliphatic carbocycles. The Balaban J connectivity index is 2.39. The Morgan fingerprint density at radius 2 is 2.21 bits per heavy atom. The molecule has 1 aromatic rings. The second kappa shape index (κ2) is 4.56. The molecule has 1 saturated heterocycles. The molecule has 1 N–H and O–H groups in total. The smallest absolute Gasteiger partial charge is 0.243 e. The minimum absolute atomic E-state index is 0.00536. The van der Waals surface area contributed by atoms with E-state index in [0.717, 1.165) is 22.5 Å². The van der Waals surface area contributed by atoms with Crippen LogP contribution >= 0.6 is 0 Å². The van der Waals surface area contributed by atoms with Crippen molar-refractivity contribution >= 4 is 10.0 Å². The van der Waals surface area contributed by atoms with E-state index in [-0.39, 0.29) is 23.5 Å². The average molecular weight is 284 g/mol. The Labute approximate surface area is 110 Å². The summed E-state index contributed by atoms with van der Waals surface area (Å²) in [5.41, 5.74) is -1.36. The summed E-state index contributed by atoms with van der Waals surface area (Å²) in [6.07, 6.45) is 0.346. The number of nitriles is 1. The molecule has 5 nitrogen and oxygen atoms in total. The highest BCUT2D eigenvalue weighted by atomic mass is 32.2. The van der Waals surface area contributed by atoms with Gasteiger partial charge in [0.1, 0.15) is 11.9 Å². The van der Waals surface area contributed by atoms with E-state index in [1.807, 2.05) is 0 Å². The zero-order chi connectivity index (χ0) is 14.3. The first-order valence-electron chi connectivity index (χ1n) is 5.68. The monoisotopic (exact) mass is 284 g/mol. The number of hydrogen-bond donors (Lipinski definition) is 1. The number of sulfonamides is 1. The minimum Gasteiger partial charge on any atom is -0.389 e. The molecule has 0 bridgehead atoms. The second-order valence-corrected chi connectivity index (χ2v) is 6.78. The van der Waals surface area contributed by atoms with E-state index in [2.05, 4.69) is 0 Å². The summed E-state index contributed by atoms with van der Waals surface area (Å²) in [5, 5.41) is 18.5. The molecular weight excluding hydrogens is 271 g/mol. The molecule has 1 atom stereocenters. The molecule has 0 amide bonds. The van der Waals surface area contributed by atoms with Gasteiger partial charge in [-0.15, -0.1) is 0 Å². The normalized spacial score (nSPS) is 24.3. The lowest BCUT2D eigenvalue weighted by Gasteiger charge is -2.19. The molecular formula is C12H13FN2O3S. The number of hydrogen-bond acceptors (Lipinski definition) is 4. The van der Waals surface area contributed by atoms with Crippen LogP contribution in [0.1, 0.15) is 18.9 Å². The van der Waals surface area contributed by atoms with Crippen LogP contribution in [0.3, 0.4) is 0 Å². The van der Waals surface area contributed by atoms with E-state index in [9.17, 15) is 17.9 Å². The second-order valence-electron chi connectivity index (χ2n) is 4.84. The molecule has 0 aromatic heterocycles. The molecule has 0 radical (unpaired) electrons. The van der Waals surface area contributed by atoms with Crippen LogP contribution in [0.2, 0.25) is 0 Å². The van der Waals surface area contributed by atoms with Gasteiger partial charge in [-0.25, -0.2) is 12.8 Å². The van der Waals surface area contributed by atoms with E-state index >= 15 is 0 Å². The SMILES string of the molecule is CC1(O)CCN(S(=O)(=O)c2ccc(F)c(C#N)c2)C1. The van der Waals surface area contributed by atoms with Gasteiger partial charge >= 0.3 is 0 Å². The van der Waals surface area contributed by atoms with Crippen LogP contribution in [0, 0.1) is 17.1 Å². The van der Waals surface area contributed by atoms with E-state index < -0.39 is 21.4 Å². The zero-order valence-corrected chi connectivity index (χ0v) is 11.1. The number of aliphatic hydroxyl groups is 1. The predicted octanol–water partition coefficient (Wildman–Crippen LogP) is 0.843. The molecule has 2 rings (SSSR count). The van der Waals surface area contributed by atoms with Crippen molar-refractivity contribution in [3.8, 4) is 6.07 Å². The Kier molecular flexibility index (Phi) is 3.34. The molecule has 102 valence electrons. The molecule has 0 saturated carbocycles. The van der Waals surface area contributed by atoms with Gasteiger partial charge in [0.15, 0.2) is 0 Å². The van der Waals surface area contributed by atoms with Crippen LogP contribution in [0.4, 0.5) is 4.39 Å². The average Bonchev–Trinajstić information content (AvgIpc) is 2.70. The maximum atomic E-state index is 13.2. The number of β-amino-alcohol motifs (C(OH)–C–C–N with tert-alkyl or cyclic N) is 1. The number of halogens is 1. The van der Waals surface area contributed by atoms with Crippen molar-refractivity contribution in [3.63, 3.8) is 0 Å². The Hall–Kier alpha value is -1.49. The van der Waals surface area contributed by atoms with Crippen molar-refractivity contribution in [1.82, 2.24) is 4.31 Å².